The molecule has 2 aromatic heterocycles. The molecule has 0 radical (unpaired) electrons. The van der Waals surface area contributed by atoms with Crippen molar-refractivity contribution in [1.29, 1.82) is 0 Å². The van der Waals surface area contributed by atoms with Gasteiger partial charge in [-0.25, -0.2) is 9.97 Å². The third-order valence-corrected chi connectivity index (χ3v) is 13.2. The van der Waals surface area contributed by atoms with Crippen LogP contribution in [0.3, 0.4) is 0 Å². The Morgan fingerprint density at radius 1 is 0.333 bits per heavy atom. The van der Waals surface area contributed by atoms with Crippen LogP contribution in [0, 0.1) is 0 Å². The first kappa shape index (κ1) is 36.8. The summed E-state index contributed by atoms with van der Waals surface area (Å²) >= 11 is 0. The van der Waals surface area contributed by atoms with Gasteiger partial charge in [-0.1, -0.05) is 178 Å². The van der Waals surface area contributed by atoms with Crippen molar-refractivity contribution in [3.05, 3.63) is 224 Å². The van der Waals surface area contributed by atoms with Gasteiger partial charge in [-0.05, 0) is 119 Å². The van der Waals surface area contributed by atoms with Gasteiger partial charge in [0.2, 0.25) is 0 Å². The molecule has 0 amide bonds. The Labute approximate surface area is 367 Å². The van der Waals surface area contributed by atoms with Crippen LogP contribution in [0.15, 0.2) is 213 Å². The van der Waals surface area contributed by atoms with E-state index in [-0.39, 0.29) is 5.41 Å². The third-order valence-electron chi connectivity index (χ3n) is 13.2. The lowest BCUT2D eigenvalue weighted by atomic mass is 9.80. The summed E-state index contributed by atoms with van der Waals surface area (Å²) in [7, 11) is 0. The molecular weight excluding hydrogens is 763 g/mol. The van der Waals surface area contributed by atoms with Crippen molar-refractivity contribution < 1.29 is 0 Å². The first-order chi connectivity index (χ1) is 31.0. The van der Waals surface area contributed by atoms with Crippen LogP contribution in [-0.4, -0.2) is 15.0 Å². The molecule has 0 saturated heterocycles. The fraction of sp³-hybridized carbons (Fsp3) is 0.0500. The zero-order valence-corrected chi connectivity index (χ0v) is 35.0. The average molecular weight is 804 g/mol. The standard InChI is InChI=1S/C60H41N3/c1-60(2)55-35-42(25-26-52(55)54-33-40-16-6-7-17-41(40)34-56(54)60)45-27-28-50(47-22-9-8-21-46(45)47)51-29-30-53(49-24-11-10-23-48(49)51)58-36-57(62-59(63-58)38-14-4-3-5-15-38)43-19-12-18-39(32-43)44-20-13-31-61-37-44/h3-37H,1-2H3. The normalized spacial score (nSPS) is 12.7. The van der Waals surface area contributed by atoms with Crippen LogP contribution < -0.4 is 0 Å². The highest BCUT2D eigenvalue weighted by Gasteiger charge is 2.36. The van der Waals surface area contributed by atoms with Gasteiger partial charge in [0.25, 0.3) is 0 Å². The lowest BCUT2D eigenvalue weighted by molar-refractivity contribution is 0.661. The zero-order valence-electron chi connectivity index (χ0n) is 35.0. The SMILES string of the molecule is CC1(C)c2cc(-c3ccc(-c4ccc(-c5cc(-c6cccc(-c7cccnc7)c6)nc(-c6ccccc6)n5)c5ccccc45)c4ccccc34)ccc2-c2cc3ccccc3cc21. The van der Waals surface area contributed by atoms with E-state index in [4.69, 9.17) is 9.97 Å². The minimum atomic E-state index is -0.114. The molecular formula is C60H41N3. The van der Waals surface area contributed by atoms with Crippen LogP contribution in [0.4, 0.5) is 0 Å². The van der Waals surface area contributed by atoms with Crippen LogP contribution in [0.25, 0.3) is 111 Å². The van der Waals surface area contributed by atoms with E-state index in [0.717, 1.165) is 44.6 Å². The molecule has 63 heavy (non-hydrogen) atoms. The monoisotopic (exact) mass is 803 g/mol. The molecule has 0 atom stereocenters. The molecule has 0 saturated carbocycles. The lowest BCUT2D eigenvalue weighted by Gasteiger charge is -2.22. The Kier molecular flexibility index (Phi) is 8.52. The van der Waals surface area contributed by atoms with Crippen molar-refractivity contribution in [2.24, 2.45) is 0 Å². The Morgan fingerprint density at radius 3 is 1.62 bits per heavy atom. The highest BCUT2D eigenvalue weighted by Crippen LogP contribution is 2.51. The minimum absolute atomic E-state index is 0.114. The van der Waals surface area contributed by atoms with Gasteiger partial charge < -0.3 is 0 Å². The summed E-state index contributed by atoms with van der Waals surface area (Å²) in [6, 6.07) is 72.4. The maximum absolute atomic E-state index is 5.27. The van der Waals surface area contributed by atoms with E-state index in [1.165, 1.54) is 71.4 Å². The molecule has 0 bridgehead atoms. The van der Waals surface area contributed by atoms with Crippen LogP contribution in [0.2, 0.25) is 0 Å². The molecule has 0 spiro atoms. The fourth-order valence-corrected chi connectivity index (χ4v) is 9.97. The largest absolute Gasteiger partial charge is 0.264 e. The van der Waals surface area contributed by atoms with Gasteiger partial charge in [-0.3, -0.25) is 4.98 Å². The molecule has 9 aromatic carbocycles. The van der Waals surface area contributed by atoms with Gasteiger partial charge in [-0.2, -0.15) is 0 Å². The van der Waals surface area contributed by atoms with Gasteiger partial charge >= 0.3 is 0 Å². The van der Waals surface area contributed by atoms with Gasteiger partial charge in [-0.15, -0.1) is 0 Å². The number of rotatable bonds is 6. The smallest absolute Gasteiger partial charge is 0.160 e. The molecule has 3 nitrogen and oxygen atoms in total. The van der Waals surface area contributed by atoms with Crippen molar-refractivity contribution >= 4 is 32.3 Å². The van der Waals surface area contributed by atoms with Crippen molar-refractivity contribution in [2.75, 3.05) is 0 Å². The van der Waals surface area contributed by atoms with Crippen molar-refractivity contribution in [3.63, 3.8) is 0 Å². The van der Waals surface area contributed by atoms with E-state index >= 15 is 0 Å². The summed E-state index contributed by atoms with van der Waals surface area (Å²) in [5.41, 5.74) is 17.2. The van der Waals surface area contributed by atoms with E-state index in [2.05, 4.69) is 195 Å². The Bertz CT molecular complexity index is 3590. The van der Waals surface area contributed by atoms with Crippen molar-refractivity contribution in [3.8, 4) is 78.4 Å². The van der Waals surface area contributed by atoms with Gasteiger partial charge in [0, 0.05) is 40.1 Å². The van der Waals surface area contributed by atoms with E-state index < -0.39 is 0 Å². The Balaban J connectivity index is 0.978. The molecule has 12 rings (SSSR count). The second-order valence-electron chi connectivity index (χ2n) is 17.2. The summed E-state index contributed by atoms with van der Waals surface area (Å²) < 4.78 is 0. The second kappa shape index (κ2) is 14.6. The zero-order chi connectivity index (χ0) is 42.1. The summed E-state index contributed by atoms with van der Waals surface area (Å²) in [6.45, 7) is 4.75. The van der Waals surface area contributed by atoms with Crippen LogP contribution in [0.5, 0.6) is 0 Å². The van der Waals surface area contributed by atoms with Gasteiger partial charge in [0.05, 0.1) is 11.4 Å². The van der Waals surface area contributed by atoms with Crippen LogP contribution >= 0.6 is 0 Å². The molecule has 11 aromatic rings. The van der Waals surface area contributed by atoms with E-state index in [9.17, 15) is 0 Å². The van der Waals surface area contributed by atoms with Gasteiger partial charge in [0.1, 0.15) is 0 Å². The topological polar surface area (TPSA) is 38.7 Å². The number of aromatic nitrogens is 3. The maximum atomic E-state index is 5.27. The molecule has 0 aliphatic heterocycles. The first-order valence-corrected chi connectivity index (χ1v) is 21.7. The van der Waals surface area contributed by atoms with Crippen molar-refractivity contribution in [2.45, 2.75) is 19.3 Å². The summed E-state index contributed by atoms with van der Waals surface area (Å²) in [4.78, 5) is 14.8. The first-order valence-electron chi connectivity index (χ1n) is 21.7. The maximum Gasteiger partial charge on any atom is 0.160 e. The lowest BCUT2D eigenvalue weighted by Crippen LogP contribution is -2.15. The fourth-order valence-electron chi connectivity index (χ4n) is 9.97. The summed E-state index contributed by atoms with van der Waals surface area (Å²) in [5, 5.41) is 7.37. The van der Waals surface area contributed by atoms with Crippen LogP contribution in [-0.2, 0) is 5.41 Å². The number of hydrogen-bond donors (Lipinski definition) is 0. The number of fused-ring (bicyclic) bond motifs is 6. The summed E-state index contributed by atoms with van der Waals surface area (Å²) in [5.74, 6) is 0.692. The van der Waals surface area contributed by atoms with E-state index in [1.807, 2.05) is 30.5 Å². The van der Waals surface area contributed by atoms with E-state index in [0.29, 0.717) is 5.82 Å². The minimum Gasteiger partial charge on any atom is -0.264 e. The molecule has 0 unspecified atom stereocenters. The van der Waals surface area contributed by atoms with E-state index in [1.54, 1.807) is 6.20 Å². The quantitative estimate of drug-likeness (QED) is 0.168. The number of pyridine rings is 1. The van der Waals surface area contributed by atoms with Gasteiger partial charge in [0.15, 0.2) is 5.82 Å². The highest BCUT2D eigenvalue weighted by atomic mass is 14.9. The predicted octanol–water partition coefficient (Wildman–Crippen LogP) is 15.6. The Hall–Kier alpha value is -8.01. The van der Waals surface area contributed by atoms with Crippen molar-refractivity contribution in [1.82, 2.24) is 15.0 Å². The average Bonchev–Trinajstić information content (AvgIpc) is 3.57. The molecule has 2 heterocycles. The summed E-state index contributed by atoms with van der Waals surface area (Å²) in [6.07, 6.45) is 3.71. The van der Waals surface area contributed by atoms with Crippen LogP contribution in [0.1, 0.15) is 25.0 Å². The molecule has 3 heteroatoms. The highest BCUT2D eigenvalue weighted by molar-refractivity contribution is 6.12. The number of benzene rings is 9. The second-order valence-corrected chi connectivity index (χ2v) is 17.2. The predicted molar refractivity (Wildman–Crippen MR) is 263 cm³/mol. The number of nitrogens with zero attached hydrogens (tertiary/aromatic N) is 3. The third kappa shape index (κ3) is 6.15. The molecule has 1 aliphatic rings. The molecule has 1 aliphatic carbocycles. The molecule has 296 valence electrons. The number of hydrogen-bond acceptors (Lipinski definition) is 3. The molecule has 0 N–H and O–H groups in total. The Morgan fingerprint density at radius 2 is 0.889 bits per heavy atom. The molecule has 0 fully saturated rings.